The van der Waals surface area contributed by atoms with Crippen LogP contribution in [0.3, 0.4) is 0 Å². The highest BCUT2D eigenvalue weighted by Gasteiger charge is 2.22. The van der Waals surface area contributed by atoms with Gasteiger partial charge in [-0.3, -0.25) is 0 Å². The largest absolute Gasteiger partial charge is 0.623 e. The number of sulfonamides is 1. The third kappa shape index (κ3) is 5.47. The van der Waals surface area contributed by atoms with E-state index in [4.69, 9.17) is 0 Å². The van der Waals surface area contributed by atoms with Crippen LogP contribution in [0.1, 0.15) is 47.1 Å². The zero-order valence-electron chi connectivity index (χ0n) is 13.5. The van der Waals surface area contributed by atoms with Crippen molar-refractivity contribution in [3.05, 3.63) is 35.0 Å². The van der Waals surface area contributed by atoms with Crippen LogP contribution in [0, 0.1) is 5.21 Å². The van der Waals surface area contributed by atoms with Crippen LogP contribution >= 0.6 is 0 Å². The molecule has 6 heteroatoms. The molecular formula is C15H24N2O3S. The number of hydroxylamine groups is 1. The second kappa shape index (κ2) is 5.77. The molecule has 0 unspecified atom stereocenters. The Hall–Kier alpha value is -1.40. The van der Waals surface area contributed by atoms with Crippen molar-refractivity contribution < 1.29 is 13.2 Å². The summed E-state index contributed by atoms with van der Waals surface area (Å²) in [6.45, 7) is 10.8. The minimum atomic E-state index is -3.55. The molecule has 0 radical (unpaired) electrons. The van der Waals surface area contributed by atoms with E-state index in [9.17, 15) is 13.6 Å². The average molecular weight is 312 g/mol. The highest BCUT2D eigenvalue weighted by molar-refractivity contribution is 7.89. The minimum absolute atomic E-state index is 0.183. The van der Waals surface area contributed by atoms with Crippen LogP contribution in [0.2, 0.25) is 0 Å². The van der Waals surface area contributed by atoms with Gasteiger partial charge >= 0.3 is 0 Å². The van der Waals surface area contributed by atoms with Crippen LogP contribution < -0.4 is 4.72 Å². The van der Waals surface area contributed by atoms with Crippen LogP contribution in [-0.2, 0) is 10.0 Å². The molecule has 0 heterocycles. The molecule has 21 heavy (non-hydrogen) atoms. The number of benzene rings is 1. The maximum absolute atomic E-state index is 12.1. The summed E-state index contributed by atoms with van der Waals surface area (Å²) < 4.78 is 27.7. The first-order valence-corrected chi connectivity index (χ1v) is 8.25. The van der Waals surface area contributed by atoms with Gasteiger partial charge in [-0.25, -0.2) is 17.9 Å². The van der Waals surface area contributed by atoms with Crippen molar-refractivity contribution in [1.29, 1.82) is 0 Å². The van der Waals surface area contributed by atoms with Crippen molar-refractivity contribution in [3.8, 4) is 0 Å². The molecule has 5 nitrogen and oxygen atoms in total. The maximum atomic E-state index is 12.1. The van der Waals surface area contributed by atoms with Gasteiger partial charge in [-0.2, -0.15) is 0 Å². The predicted octanol–water partition coefficient (Wildman–Crippen LogP) is 2.49. The topological polar surface area (TPSA) is 72.2 Å². The quantitative estimate of drug-likeness (QED) is 0.403. The molecule has 118 valence electrons. The van der Waals surface area contributed by atoms with Gasteiger partial charge < -0.3 is 5.21 Å². The molecule has 1 aromatic rings. The summed E-state index contributed by atoms with van der Waals surface area (Å²) in [5, 5.41) is 11.8. The van der Waals surface area contributed by atoms with Crippen molar-refractivity contribution >= 4 is 16.2 Å². The summed E-state index contributed by atoms with van der Waals surface area (Å²) in [5.74, 6) is 0. The molecule has 0 saturated carbocycles. The zero-order valence-corrected chi connectivity index (χ0v) is 14.3. The Balaban J connectivity index is 3.04. The molecule has 1 N–H and O–H groups in total. The van der Waals surface area contributed by atoms with Crippen LogP contribution in [0.4, 0.5) is 0 Å². The lowest BCUT2D eigenvalue weighted by Gasteiger charge is -2.20. The molecule has 0 aromatic heterocycles. The van der Waals surface area contributed by atoms with Crippen LogP contribution in [0.15, 0.2) is 29.2 Å². The summed E-state index contributed by atoms with van der Waals surface area (Å²) in [4.78, 5) is 0.183. The van der Waals surface area contributed by atoms with E-state index in [1.807, 2.05) is 20.8 Å². The first-order valence-electron chi connectivity index (χ1n) is 6.77. The van der Waals surface area contributed by atoms with Gasteiger partial charge in [-0.15, -0.1) is 0 Å². The van der Waals surface area contributed by atoms with Gasteiger partial charge in [0.1, 0.15) is 0 Å². The lowest BCUT2D eigenvalue weighted by molar-refractivity contribution is -0.530. The van der Waals surface area contributed by atoms with E-state index < -0.39 is 21.1 Å². The van der Waals surface area contributed by atoms with Crippen molar-refractivity contribution in [2.24, 2.45) is 0 Å². The fourth-order valence-corrected chi connectivity index (χ4v) is 2.94. The van der Waals surface area contributed by atoms with Crippen LogP contribution in [0.25, 0.3) is 0 Å². The summed E-state index contributed by atoms with van der Waals surface area (Å²) in [7, 11) is -3.55. The van der Waals surface area contributed by atoms with Crippen molar-refractivity contribution in [2.45, 2.75) is 57.5 Å². The fraction of sp³-hybridized carbons (Fsp3) is 0.533. The molecule has 0 aliphatic heterocycles. The monoisotopic (exact) mass is 312 g/mol. The SMILES string of the molecule is CC(C)(C)NS(=O)(=O)c1ccc(/C=[N+](\[O-])C(C)(C)C)cc1. The van der Waals surface area contributed by atoms with Crippen molar-refractivity contribution in [1.82, 2.24) is 4.72 Å². The van der Waals surface area contributed by atoms with E-state index >= 15 is 0 Å². The van der Waals surface area contributed by atoms with Gasteiger partial charge in [0, 0.05) is 31.9 Å². The van der Waals surface area contributed by atoms with Gasteiger partial charge in [-0.05, 0) is 45.0 Å². The zero-order chi connectivity index (χ0) is 16.5. The lowest BCUT2D eigenvalue weighted by Crippen LogP contribution is -2.40. The smallest absolute Gasteiger partial charge is 0.241 e. The van der Waals surface area contributed by atoms with Gasteiger partial charge in [-0.1, -0.05) is 0 Å². The second-order valence-electron chi connectivity index (χ2n) is 7.05. The van der Waals surface area contributed by atoms with E-state index in [-0.39, 0.29) is 4.90 Å². The summed E-state index contributed by atoms with van der Waals surface area (Å²) >= 11 is 0. The number of rotatable bonds is 3. The third-order valence-electron chi connectivity index (χ3n) is 2.56. The molecule has 0 saturated heterocycles. The van der Waals surface area contributed by atoms with Crippen molar-refractivity contribution in [2.75, 3.05) is 0 Å². The normalized spacial score (nSPS) is 14.3. The highest BCUT2D eigenvalue weighted by Crippen LogP contribution is 2.14. The van der Waals surface area contributed by atoms with E-state index in [0.717, 1.165) is 4.74 Å². The highest BCUT2D eigenvalue weighted by atomic mass is 32.2. The van der Waals surface area contributed by atoms with E-state index in [1.54, 1.807) is 32.9 Å². The Bertz CT molecular complexity index is 618. The maximum Gasteiger partial charge on any atom is 0.241 e. The molecule has 0 aliphatic carbocycles. The standard InChI is InChI=1S/C15H24N2O3S/c1-14(2,3)16-21(19,20)13-9-7-12(8-10-13)11-17(18)15(4,5)6/h7-11,16H,1-6H3/b17-11-. The minimum Gasteiger partial charge on any atom is -0.623 e. The second-order valence-corrected chi connectivity index (χ2v) is 8.73. The van der Waals surface area contributed by atoms with Gasteiger partial charge in [0.15, 0.2) is 11.8 Å². The van der Waals surface area contributed by atoms with E-state index in [2.05, 4.69) is 4.72 Å². The van der Waals surface area contributed by atoms with Crippen molar-refractivity contribution in [3.63, 3.8) is 0 Å². The molecule has 1 rings (SSSR count). The Morgan fingerprint density at radius 2 is 1.52 bits per heavy atom. The summed E-state index contributed by atoms with van der Waals surface area (Å²) in [6.07, 6.45) is 1.45. The molecule has 0 spiro atoms. The molecule has 0 aliphatic rings. The number of nitrogens with zero attached hydrogens (tertiary/aromatic N) is 1. The molecular weight excluding hydrogens is 288 g/mol. The molecule has 0 amide bonds. The summed E-state index contributed by atoms with van der Waals surface area (Å²) in [6, 6.07) is 6.23. The summed E-state index contributed by atoms with van der Waals surface area (Å²) in [5.41, 5.74) is -0.408. The van der Waals surface area contributed by atoms with Gasteiger partial charge in [0.25, 0.3) is 0 Å². The predicted molar refractivity (Wildman–Crippen MR) is 85.1 cm³/mol. The fourth-order valence-electron chi connectivity index (χ4n) is 1.52. The Labute approximate surface area is 127 Å². The van der Waals surface area contributed by atoms with Crippen LogP contribution in [-0.4, -0.2) is 30.4 Å². The Kier molecular flexibility index (Phi) is 4.85. The Morgan fingerprint density at radius 1 is 1.05 bits per heavy atom. The molecule has 0 atom stereocenters. The molecule has 0 fully saturated rings. The molecule has 1 aromatic carbocycles. The van der Waals surface area contributed by atoms with E-state index in [0.29, 0.717) is 5.56 Å². The lowest BCUT2D eigenvalue weighted by atomic mass is 10.1. The van der Waals surface area contributed by atoms with Crippen LogP contribution in [0.5, 0.6) is 0 Å². The van der Waals surface area contributed by atoms with Gasteiger partial charge in [0.2, 0.25) is 10.0 Å². The number of nitrogens with one attached hydrogen (secondary N) is 1. The first kappa shape index (κ1) is 17.7. The third-order valence-corrected chi connectivity index (χ3v) is 4.33. The number of hydrogen-bond donors (Lipinski definition) is 1. The molecule has 0 bridgehead atoms. The van der Waals surface area contributed by atoms with Gasteiger partial charge in [0.05, 0.1) is 4.90 Å². The Morgan fingerprint density at radius 3 is 1.90 bits per heavy atom. The number of hydrogen-bond acceptors (Lipinski definition) is 3. The average Bonchev–Trinajstić information content (AvgIpc) is 2.25. The van der Waals surface area contributed by atoms with E-state index in [1.165, 1.54) is 18.3 Å². The first-order chi connectivity index (χ1) is 9.31.